The Hall–Kier alpha value is -1.75. The highest BCUT2D eigenvalue weighted by Crippen LogP contribution is 2.33. The molecule has 1 aromatic heterocycles. The summed E-state index contributed by atoms with van der Waals surface area (Å²) in [6, 6.07) is 1.61. The second kappa shape index (κ2) is 4.63. The Balaban J connectivity index is 3.51. The average Bonchev–Trinajstić information content (AvgIpc) is 2.25. The Morgan fingerprint density at radius 1 is 1.41 bits per heavy atom. The van der Waals surface area contributed by atoms with Gasteiger partial charge in [-0.05, 0) is 6.07 Å². The molecule has 0 saturated carbocycles. The van der Waals surface area contributed by atoms with Crippen LogP contribution >= 0.6 is 0 Å². The van der Waals surface area contributed by atoms with Crippen LogP contribution in [0.1, 0.15) is 28.9 Å². The smallest absolute Gasteiger partial charge is 0.392 e. The highest BCUT2D eigenvalue weighted by atomic mass is 19.4. The van der Waals surface area contributed by atoms with Crippen molar-refractivity contribution in [2.75, 3.05) is 0 Å². The van der Waals surface area contributed by atoms with Crippen LogP contribution in [-0.4, -0.2) is 10.1 Å². The van der Waals surface area contributed by atoms with Gasteiger partial charge in [-0.25, -0.2) is 13.8 Å². The molecule has 8 heteroatoms. The van der Waals surface area contributed by atoms with E-state index in [0.717, 1.165) is 0 Å². The van der Waals surface area contributed by atoms with Crippen LogP contribution in [-0.2, 0) is 12.8 Å². The molecule has 1 heterocycles. The maximum absolute atomic E-state index is 12.4. The highest BCUT2D eigenvalue weighted by molar-refractivity contribution is 5.38. The van der Waals surface area contributed by atoms with E-state index >= 15 is 0 Å². The summed E-state index contributed by atoms with van der Waals surface area (Å²) in [6.45, 7) is -1.09. The molecule has 92 valence electrons. The van der Waals surface area contributed by atoms with Gasteiger partial charge in [0.2, 0.25) is 0 Å². The minimum Gasteiger partial charge on any atom is -0.392 e. The van der Waals surface area contributed by atoms with Crippen LogP contribution in [0.5, 0.6) is 0 Å². The fourth-order valence-corrected chi connectivity index (χ4v) is 1.19. The van der Waals surface area contributed by atoms with E-state index in [9.17, 15) is 22.0 Å². The number of aliphatic hydroxyl groups is 1. The Bertz CT molecular complexity index is 464. The third kappa shape index (κ3) is 2.68. The number of nitriles is 1. The largest absolute Gasteiger partial charge is 0.433 e. The number of pyridine rings is 1. The molecule has 3 nitrogen and oxygen atoms in total. The van der Waals surface area contributed by atoms with Crippen molar-refractivity contribution >= 4 is 0 Å². The van der Waals surface area contributed by atoms with Crippen LogP contribution in [0.2, 0.25) is 0 Å². The van der Waals surface area contributed by atoms with Crippen molar-refractivity contribution in [3.05, 3.63) is 28.6 Å². The maximum Gasteiger partial charge on any atom is 0.433 e. The van der Waals surface area contributed by atoms with Gasteiger partial charge in [0.25, 0.3) is 6.43 Å². The van der Waals surface area contributed by atoms with E-state index in [0.29, 0.717) is 6.07 Å². The predicted molar refractivity (Wildman–Crippen MR) is 44.8 cm³/mol. The van der Waals surface area contributed by atoms with E-state index in [2.05, 4.69) is 4.98 Å². The van der Waals surface area contributed by atoms with Crippen molar-refractivity contribution in [1.29, 1.82) is 5.26 Å². The van der Waals surface area contributed by atoms with Crippen LogP contribution in [0, 0.1) is 11.3 Å². The van der Waals surface area contributed by atoms with Crippen molar-refractivity contribution in [3.63, 3.8) is 0 Å². The number of nitrogens with zero attached hydrogens (tertiary/aromatic N) is 2. The SMILES string of the molecule is N#Cc1nc(C(F)(F)F)c(CO)cc1C(F)F. The minimum atomic E-state index is -4.91. The highest BCUT2D eigenvalue weighted by Gasteiger charge is 2.36. The van der Waals surface area contributed by atoms with E-state index in [4.69, 9.17) is 10.4 Å². The first-order valence-corrected chi connectivity index (χ1v) is 4.21. The molecule has 1 N–H and O–H groups in total. The van der Waals surface area contributed by atoms with Gasteiger partial charge in [-0.2, -0.15) is 18.4 Å². The van der Waals surface area contributed by atoms with Crippen LogP contribution < -0.4 is 0 Å². The van der Waals surface area contributed by atoms with Gasteiger partial charge in [0, 0.05) is 5.56 Å². The minimum absolute atomic E-state index is 0.443. The summed E-state index contributed by atoms with van der Waals surface area (Å²) in [6.07, 6.45) is -8.05. The molecule has 0 radical (unpaired) electrons. The summed E-state index contributed by atoms with van der Waals surface area (Å²) in [5, 5.41) is 17.1. The molecule has 1 aromatic rings. The molecule has 0 aromatic carbocycles. The van der Waals surface area contributed by atoms with Gasteiger partial charge < -0.3 is 5.11 Å². The number of aliphatic hydroxyl groups excluding tert-OH is 1. The van der Waals surface area contributed by atoms with Gasteiger partial charge in [-0.3, -0.25) is 0 Å². The third-order valence-corrected chi connectivity index (χ3v) is 1.91. The fraction of sp³-hybridized carbons (Fsp3) is 0.333. The molecule has 1 rings (SSSR count). The average molecular weight is 252 g/mol. The Kier molecular flexibility index (Phi) is 3.63. The lowest BCUT2D eigenvalue weighted by Crippen LogP contribution is -2.14. The first-order valence-electron chi connectivity index (χ1n) is 4.21. The lowest BCUT2D eigenvalue weighted by Gasteiger charge is -2.12. The molecule has 0 bridgehead atoms. The Morgan fingerprint density at radius 3 is 2.35 bits per heavy atom. The summed E-state index contributed by atoms with van der Waals surface area (Å²) >= 11 is 0. The molecule has 17 heavy (non-hydrogen) atoms. The quantitative estimate of drug-likeness (QED) is 0.822. The van der Waals surface area contributed by atoms with Crippen molar-refractivity contribution < 1.29 is 27.1 Å². The number of alkyl halides is 5. The summed E-state index contributed by atoms with van der Waals surface area (Å²) in [5.41, 5.74) is -4.23. The summed E-state index contributed by atoms with van der Waals surface area (Å²) in [7, 11) is 0. The lowest BCUT2D eigenvalue weighted by atomic mass is 10.1. The molecule has 0 aliphatic heterocycles. The van der Waals surface area contributed by atoms with Crippen LogP contribution in [0.4, 0.5) is 22.0 Å². The van der Waals surface area contributed by atoms with E-state index in [1.165, 1.54) is 6.07 Å². The summed E-state index contributed by atoms with van der Waals surface area (Å²) < 4.78 is 62.1. The first-order chi connectivity index (χ1) is 7.81. The van der Waals surface area contributed by atoms with Crippen LogP contribution in [0.25, 0.3) is 0 Å². The molecule has 0 fully saturated rings. The standard InChI is InChI=1S/C9H5F5N2O/c10-8(11)5-1-4(3-17)7(9(12,13)14)16-6(5)2-15/h1,8,17H,3H2. The van der Waals surface area contributed by atoms with E-state index in [1.807, 2.05) is 0 Å². The summed E-state index contributed by atoms with van der Waals surface area (Å²) in [5.74, 6) is 0. The molecule has 0 saturated heterocycles. The fourth-order valence-electron chi connectivity index (χ4n) is 1.19. The third-order valence-electron chi connectivity index (χ3n) is 1.91. The molecule has 0 atom stereocenters. The monoisotopic (exact) mass is 252 g/mol. The van der Waals surface area contributed by atoms with Crippen LogP contribution in [0.3, 0.4) is 0 Å². The maximum atomic E-state index is 12.4. The number of hydrogen-bond acceptors (Lipinski definition) is 3. The van der Waals surface area contributed by atoms with Gasteiger partial charge in [-0.1, -0.05) is 0 Å². The van der Waals surface area contributed by atoms with Crippen molar-refractivity contribution in [2.24, 2.45) is 0 Å². The van der Waals surface area contributed by atoms with Crippen LogP contribution in [0.15, 0.2) is 6.07 Å². The second-order valence-electron chi connectivity index (χ2n) is 3.00. The normalized spacial score (nSPS) is 11.6. The zero-order valence-corrected chi connectivity index (χ0v) is 8.09. The molecular formula is C9H5F5N2O. The predicted octanol–water partition coefficient (Wildman–Crippen LogP) is 2.40. The zero-order chi connectivity index (χ0) is 13.2. The molecular weight excluding hydrogens is 247 g/mol. The Labute approximate surface area is 92.1 Å². The summed E-state index contributed by atoms with van der Waals surface area (Å²) in [4.78, 5) is 2.83. The van der Waals surface area contributed by atoms with Crippen molar-refractivity contribution in [3.8, 4) is 6.07 Å². The number of aromatic nitrogens is 1. The number of hydrogen-bond donors (Lipinski definition) is 1. The number of rotatable bonds is 2. The zero-order valence-electron chi connectivity index (χ0n) is 8.09. The van der Waals surface area contributed by atoms with Gasteiger partial charge in [-0.15, -0.1) is 0 Å². The van der Waals surface area contributed by atoms with E-state index in [1.54, 1.807) is 0 Å². The van der Waals surface area contributed by atoms with Gasteiger partial charge in [0.05, 0.1) is 12.2 Å². The van der Waals surface area contributed by atoms with Crippen molar-refractivity contribution in [2.45, 2.75) is 19.2 Å². The molecule has 0 amide bonds. The molecule has 0 spiro atoms. The van der Waals surface area contributed by atoms with E-state index in [-0.39, 0.29) is 0 Å². The lowest BCUT2D eigenvalue weighted by molar-refractivity contribution is -0.142. The van der Waals surface area contributed by atoms with Gasteiger partial charge in [0.15, 0.2) is 5.69 Å². The van der Waals surface area contributed by atoms with E-state index < -0.39 is 41.7 Å². The Morgan fingerprint density at radius 2 is 2.00 bits per heavy atom. The van der Waals surface area contributed by atoms with Gasteiger partial charge >= 0.3 is 6.18 Å². The van der Waals surface area contributed by atoms with Crippen molar-refractivity contribution in [1.82, 2.24) is 4.98 Å². The second-order valence-corrected chi connectivity index (χ2v) is 3.00. The molecule has 0 aliphatic rings. The first kappa shape index (κ1) is 13.3. The molecule has 0 aliphatic carbocycles. The molecule has 0 unspecified atom stereocenters. The topological polar surface area (TPSA) is 56.9 Å². The van der Waals surface area contributed by atoms with Gasteiger partial charge in [0.1, 0.15) is 11.8 Å². The number of halogens is 5.